The first-order chi connectivity index (χ1) is 6.40. The van der Waals surface area contributed by atoms with Crippen molar-refractivity contribution in [1.82, 2.24) is 15.0 Å². The van der Waals surface area contributed by atoms with E-state index in [1.54, 1.807) is 16.0 Å². The number of nitrogens with zero attached hydrogens (tertiary/aromatic N) is 3. The van der Waals surface area contributed by atoms with Gasteiger partial charge in [-0.15, -0.1) is 16.4 Å². The smallest absolute Gasteiger partial charge is 0.119 e. The Labute approximate surface area is 80.0 Å². The molecule has 2 rings (SSSR count). The van der Waals surface area contributed by atoms with Gasteiger partial charge in [0, 0.05) is 6.42 Å². The standard InChI is InChI=1S/C8H10N4S/c9-4-3-7-6-12(11-10-7)8-2-1-5-13-8/h1-2,5-6H,3-4,9H2. The minimum Gasteiger partial charge on any atom is -0.330 e. The van der Waals surface area contributed by atoms with Gasteiger partial charge in [-0.3, -0.25) is 0 Å². The van der Waals surface area contributed by atoms with Crippen LogP contribution in [0.25, 0.3) is 5.00 Å². The van der Waals surface area contributed by atoms with E-state index in [2.05, 4.69) is 10.3 Å². The van der Waals surface area contributed by atoms with Crippen LogP contribution in [0.4, 0.5) is 0 Å². The Morgan fingerprint density at radius 3 is 3.15 bits per heavy atom. The predicted molar refractivity (Wildman–Crippen MR) is 52.0 cm³/mol. The van der Waals surface area contributed by atoms with Crippen LogP contribution in [0.15, 0.2) is 23.7 Å². The Bertz CT molecular complexity index is 365. The van der Waals surface area contributed by atoms with Gasteiger partial charge in [0.05, 0.1) is 11.9 Å². The van der Waals surface area contributed by atoms with Crippen molar-refractivity contribution in [2.45, 2.75) is 6.42 Å². The van der Waals surface area contributed by atoms with Gasteiger partial charge >= 0.3 is 0 Å². The number of hydrogen-bond donors (Lipinski definition) is 1. The first-order valence-electron chi connectivity index (χ1n) is 4.05. The van der Waals surface area contributed by atoms with Crippen LogP contribution in [0.1, 0.15) is 5.69 Å². The lowest BCUT2D eigenvalue weighted by Gasteiger charge is -1.91. The molecule has 0 amide bonds. The monoisotopic (exact) mass is 194 g/mol. The molecule has 0 saturated carbocycles. The molecule has 5 heteroatoms. The lowest BCUT2D eigenvalue weighted by molar-refractivity contribution is 0.804. The van der Waals surface area contributed by atoms with E-state index in [0.717, 1.165) is 17.1 Å². The molecule has 0 aromatic carbocycles. The first-order valence-corrected chi connectivity index (χ1v) is 4.93. The SMILES string of the molecule is NCCc1cn(-c2cccs2)nn1. The topological polar surface area (TPSA) is 56.7 Å². The average molecular weight is 194 g/mol. The summed E-state index contributed by atoms with van der Waals surface area (Å²) in [6.07, 6.45) is 2.70. The van der Waals surface area contributed by atoms with Crippen LogP contribution in [0.3, 0.4) is 0 Å². The van der Waals surface area contributed by atoms with E-state index in [9.17, 15) is 0 Å². The van der Waals surface area contributed by atoms with Gasteiger partial charge in [-0.05, 0) is 24.1 Å². The zero-order chi connectivity index (χ0) is 9.10. The fourth-order valence-corrected chi connectivity index (χ4v) is 1.72. The Hall–Kier alpha value is -1.20. The minimum absolute atomic E-state index is 0.614. The number of aromatic nitrogens is 3. The summed E-state index contributed by atoms with van der Waals surface area (Å²) in [5.41, 5.74) is 6.35. The van der Waals surface area contributed by atoms with Crippen molar-refractivity contribution in [3.05, 3.63) is 29.4 Å². The highest BCUT2D eigenvalue weighted by molar-refractivity contribution is 7.12. The summed E-state index contributed by atoms with van der Waals surface area (Å²) in [5.74, 6) is 0. The van der Waals surface area contributed by atoms with Crippen molar-refractivity contribution >= 4 is 11.3 Å². The van der Waals surface area contributed by atoms with Crippen molar-refractivity contribution in [3.8, 4) is 5.00 Å². The van der Waals surface area contributed by atoms with E-state index in [4.69, 9.17) is 5.73 Å². The molecule has 0 saturated heterocycles. The summed E-state index contributed by atoms with van der Waals surface area (Å²) in [4.78, 5) is 0. The van der Waals surface area contributed by atoms with Gasteiger partial charge in [-0.1, -0.05) is 5.21 Å². The van der Waals surface area contributed by atoms with Gasteiger partial charge in [0.1, 0.15) is 5.00 Å². The highest BCUT2D eigenvalue weighted by Crippen LogP contribution is 2.13. The summed E-state index contributed by atoms with van der Waals surface area (Å²) < 4.78 is 1.77. The Morgan fingerprint density at radius 2 is 2.46 bits per heavy atom. The molecule has 0 fully saturated rings. The largest absolute Gasteiger partial charge is 0.330 e. The molecule has 2 heterocycles. The molecular weight excluding hydrogens is 184 g/mol. The number of hydrogen-bond acceptors (Lipinski definition) is 4. The third-order valence-corrected chi connectivity index (χ3v) is 2.53. The van der Waals surface area contributed by atoms with Gasteiger partial charge in [0.2, 0.25) is 0 Å². The first kappa shape index (κ1) is 8.40. The van der Waals surface area contributed by atoms with Crippen LogP contribution in [-0.4, -0.2) is 21.5 Å². The van der Waals surface area contributed by atoms with E-state index in [0.29, 0.717) is 6.54 Å². The molecule has 0 aliphatic rings. The quantitative estimate of drug-likeness (QED) is 0.787. The maximum atomic E-state index is 5.41. The fourth-order valence-electron chi connectivity index (χ4n) is 1.07. The fraction of sp³-hybridized carbons (Fsp3) is 0.250. The van der Waals surface area contributed by atoms with E-state index < -0.39 is 0 Å². The molecule has 0 aliphatic carbocycles. The van der Waals surface area contributed by atoms with Gasteiger partial charge in [0.25, 0.3) is 0 Å². The number of nitrogens with two attached hydrogens (primary N) is 1. The van der Waals surface area contributed by atoms with Gasteiger partial charge in [-0.2, -0.15) is 0 Å². The minimum atomic E-state index is 0.614. The van der Waals surface area contributed by atoms with Gasteiger partial charge < -0.3 is 5.73 Å². The summed E-state index contributed by atoms with van der Waals surface area (Å²) >= 11 is 1.64. The Balaban J connectivity index is 2.23. The molecule has 0 spiro atoms. The highest BCUT2D eigenvalue weighted by Gasteiger charge is 2.01. The van der Waals surface area contributed by atoms with Crippen molar-refractivity contribution in [1.29, 1.82) is 0 Å². The van der Waals surface area contributed by atoms with Gasteiger partial charge in [0.15, 0.2) is 0 Å². The second kappa shape index (κ2) is 3.68. The second-order valence-electron chi connectivity index (χ2n) is 2.64. The molecule has 2 aromatic heterocycles. The molecule has 13 heavy (non-hydrogen) atoms. The third-order valence-electron chi connectivity index (χ3n) is 1.67. The number of rotatable bonds is 3. The lowest BCUT2D eigenvalue weighted by Crippen LogP contribution is -2.02. The van der Waals surface area contributed by atoms with Crippen molar-refractivity contribution in [3.63, 3.8) is 0 Å². The normalized spacial score (nSPS) is 10.5. The molecule has 0 atom stereocenters. The maximum Gasteiger partial charge on any atom is 0.119 e. The molecule has 0 bridgehead atoms. The molecular formula is C8H10N4S. The lowest BCUT2D eigenvalue weighted by atomic mass is 10.3. The Kier molecular flexibility index (Phi) is 2.37. The molecule has 0 aliphatic heterocycles. The van der Waals surface area contributed by atoms with Crippen LogP contribution in [-0.2, 0) is 6.42 Å². The van der Waals surface area contributed by atoms with Crippen LogP contribution < -0.4 is 5.73 Å². The molecule has 2 N–H and O–H groups in total. The maximum absolute atomic E-state index is 5.41. The molecule has 68 valence electrons. The van der Waals surface area contributed by atoms with E-state index in [1.165, 1.54) is 0 Å². The predicted octanol–water partition coefficient (Wildman–Crippen LogP) is 0.830. The van der Waals surface area contributed by atoms with E-state index in [1.807, 2.05) is 23.7 Å². The summed E-state index contributed by atoms with van der Waals surface area (Å²) in [5, 5.41) is 11.1. The molecule has 0 unspecified atom stereocenters. The van der Waals surface area contributed by atoms with Crippen molar-refractivity contribution < 1.29 is 0 Å². The summed E-state index contributed by atoms with van der Waals surface area (Å²) in [6, 6.07) is 4.00. The summed E-state index contributed by atoms with van der Waals surface area (Å²) in [6.45, 7) is 0.614. The zero-order valence-corrected chi connectivity index (χ0v) is 7.87. The van der Waals surface area contributed by atoms with Crippen LogP contribution in [0, 0.1) is 0 Å². The average Bonchev–Trinajstić information content (AvgIpc) is 2.70. The number of thiophene rings is 1. The third kappa shape index (κ3) is 1.76. The van der Waals surface area contributed by atoms with Crippen LogP contribution in [0.5, 0.6) is 0 Å². The Morgan fingerprint density at radius 1 is 1.54 bits per heavy atom. The van der Waals surface area contributed by atoms with Crippen LogP contribution >= 0.6 is 11.3 Å². The van der Waals surface area contributed by atoms with Crippen molar-refractivity contribution in [2.24, 2.45) is 5.73 Å². The second-order valence-corrected chi connectivity index (χ2v) is 3.57. The molecule has 4 nitrogen and oxygen atoms in total. The van der Waals surface area contributed by atoms with E-state index >= 15 is 0 Å². The van der Waals surface area contributed by atoms with Crippen molar-refractivity contribution in [2.75, 3.05) is 6.54 Å². The van der Waals surface area contributed by atoms with Crippen LogP contribution in [0.2, 0.25) is 0 Å². The van der Waals surface area contributed by atoms with E-state index in [-0.39, 0.29) is 0 Å². The summed E-state index contributed by atoms with van der Waals surface area (Å²) in [7, 11) is 0. The molecule has 0 radical (unpaired) electrons. The highest BCUT2D eigenvalue weighted by atomic mass is 32.1. The van der Waals surface area contributed by atoms with Gasteiger partial charge in [-0.25, -0.2) is 4.68 Å². The molecule has 2 aromatic rings. The zero-order valence-electron chi connectivity index (χ0n) is 7.05.